The van der Waals surface area contributed by atoms with Crippen molar-refractivity contribution in [2.75, 3.05) is 14.1 Å². The van der Waals surface area contributed by atoms with Gasteiger partial charge < -0.3 is 9.62 Å². The lowest BCUT2D eigenvalue weighted by atomic mass is 9.68. The summed E-state index contributed by atoms with van der Waals surface area (Å²) in [6, 6.07) is 0. The second kappa shape index (κ2) is 3.58. The fraction of sp³-hybridized carbons (Fsp3) is 0.600. The van der Waals surface area contributed by atoms with E-state index < -0.39 is 0 Å². The van der Waals surface area contributed by atoms with Gasteiger partial charge in [0.05, 0.1) is 0 Å². The maximum atomic E-state index is 2.35. The van der Waals surface area contributed by atoms with Crippen LogP contribution in [0.5, 0.6) is 0 Å². The first kappa shape index (κ1) is 10.4. The highest BCUT2D eigenvalue weighted by Crippen LogP contribution is 2.19. The van der Waals surface area contributed by atoms with E-state index in [0.29, 0.717) is 6.98 Å². The molecule has 0 spiro atoms. The average Bonchev–Trinajstić information content (AvgIpc) is 2.03. The van der Waals surface area contributed by atoms with Crippen molar-refractivity contribution in [2.45, 2.75) is 26.3 Å². The summed E-state index contributed by atoms with van der Waals surface area (Å²) in [6.45, 7) is 7.07. The molecule has 1 heterocycles. The predicted molar refractivity (Wildman–Crippen MR) is 59.3 cm³/mol. The van der Waals surface area contributed by atoms with Crippen LogP contribution < -0.4 is 0 Å². The molecule has 0 aromatic carbocycles. The van der Waals surface area contributed by atoms with Crippen LogP contribution in [-0.4, -0.2) is 36.2 Å². The Labute approximate surface area is 82.0 Å². The highest BCUT2D eigenvalue weighted by atomic mass is 15.2. The molecule has 1 rings (SSSR count). The molecule has 0 N–H and O–H groups in total. The highest BCUT2D eigenvalue weighted by molar-refractivity contribution is 6.59. The summed E-state index contributed by atoms with van der Waals surface area (Å²) in [5.41, 5.74) is 0.177. The smallest absolute Gasteiger partial charge is 0.370 e. The Kier molecular flexibility index (Phi) is 2.86. The molecule has 1 aliphatic heterocycles. The largest absolute Gasteiger partial charge is 0.399 e. The molecule has 3 heteroatoms. The van der Waals surface area contributed by atoms with Crippen molar-refractivity contribution in [3.63, 3.8) is 0 Å². The van der Waals surface area contributed by atoms with Crippen LogP contribution in [-0.2, 0) is 0 Å². The van der Waals surface area contributed by atoms with E-state index in [1.807, 2.05) is 0 Å². The van der Waals surface area contributed by atoms with Crippen LogP contribution in [0.3, 0.4) is 0 Å². The van der Waals surface area contributed by atoms with Crippen molar-refractivity contribution in [1.29, 1.82) is 0 Å². The Bertz CT molecular complexity index is 226. The molecule has 0 aromatic rings. The van der Waals surface area contributed by atoms with Crippen LogP contribution in [0.4, 0.5) is 0 Å². The third-order valence-electron chi connectivity index (χ3n) is 2.23. The van der Waals surface area contributed by atoms with E-state index >= 15 is 0 Å². The van der Waals surface area contributed by atoms with Gasteiger partial charge in [0.2, 0.25) is 0 Å². The van der Waals surface area contributed by atoms with Crippen LogP contribution in [0.25, 0.3) is 0 Å². The van der Waals surface area contributed by atoms with Gasteiger partial charge in [0.25, 0.3) is 0 Å². The van der Waals surface area contributed by atoms with Crippen LogP contribution in [0.2, 0.25) is 0 Å². The normalized spacial score (nSPS) is 17.4. The molecule has 0 aromatic heterocycles. The van der Waals surface area contributed by atoms with Crippen LogP contribution >= 0.6 is 0 Å². The number of rotatable bonds is 1. The lowest BCUT2D eigenvalue weighted by molar-refractivity contribution is 0.303. The van der Waals surface area contributed by atoms with E-state index in [1.54, 1.807) is 0 Å². The van der Waals surface area contributed by atoms with E-state index in [2.05, 4.69) is 68.8 Å². The SMILES string of the molecule is CN(C)B1C=CC=CN1C(C)(C)C. The Morgan fingerprint density at radius 3 is 2.15 bits per heavy atom. The van der Waals surface area contributed by atoms with Gasteiger partial charge in [0, 0.05) is 5.54 Å². The molecule has 0 bridgehead atoms. The van der Waals surface area contributed by atoms with Gasteiger partial charge in [-0.05, 0) is 47.1 Å². The first-order valence-electron chi connectivity index (χ1n) is 4.73. The second-order valence-corrected chi connectivity index (χ2v) is 4.68. The first-order valence-corrected chi connectivity index (χ1v) is 4.73. The Balaban J connectivity index is 2.83. The van der Waals surface area contributed by atoms with Crippen molar-refractivity contribution in [3.05, 3.63) is 24.3 Å². The lowest BCUT2D eigenvalue weighted by Gasteiger charge is -2.41. The zero-order valence-electron chi connectivity index (χ0n) is 9.28. The van der Waals surface area contributed by atoms with Crippen LogP contribution in [0.15, 0.2) is 24.3 Å². The quantitative estimate of drug-likeness (QED) is 0.564. The average molecular weight is 178 g/mol. The van der Waals surface area contributed by atoms with E-state index in [0.717, 1.165) is 0 Å². The van der Waals surface area contributed by atoms with Gasteiger partial charge in [-0.3, -0.25) is 0 Å². The zero-order chi connectivity index (χ0) is 10.1. The molecule has 0 radical (unpaired) electrons. The molecule has 1 aliphatic rings. The van der Waals surface area contributed by atoms with Crippen molar-refractivity contribution >= 4 is 6.98 Å². The second-order valence-electron chi connectivity index (χ2n) is 4.68. The zero-order valence-corrected chi connectivity index (χ0v) is 9.28. The maximum absolute atomic E-state index is 2.35. The van der Waals surface area contributed by atoms with Crippen molar-refractivity contribution in [2.24, 2.45) is 0 Å². The van der Waals surface area contributed by atoms with Crippen LogP contribution in [0.1, 0.15) is 20.8 Å². The fourth-order valence-electron chi connectivity index (χ4n) is 1.53. The summed E-state index contributed by atoms with van der Waals surface area (Å²) in [5, 5.41) is 0. The summed E-state index contributed by atoms with van der Waals surface area (Å²) in [6.07, 6.45) is 6.35. The van der Waals surface area contributed by atoms with Crippen molar-refractivity contribution < 1.29 is 0 Å². The molecule has 0 atom stereocenters. The van der Waals surface area contributed by atoms with E-state index in [-0.39, 0.29) is 5.54 Å². The number of allylic oxidation sites excluding steroid dienone is 2. The van der Waals surface area contributed by atoms with E-state index in [1.165, 1.54) is 0 Å². The summed E-state index contributed by atoms with van der Waals surface area (Å²) in [4.78, 5) is 4.57. The molecule has 2 nitrogen and oxygen atoms in total. The molecule has 72 valence electrons. The van der Waals surface area contributed by atoms with E-state index in [9.17, 15) is 0 Å². The van der Waals surface area contributed by atoms with Gasteiger partial charge in [0.1, 0.15) is 0 Å². The minimum Gasteiger partial charge on any atom is -0.399 e. The Morgan fingerprint density at radius 1 is 1.15 bits per heavy atom. The summed E-state index contributed by atoms with van der Waals surface area (Å²) >= 11 is 0. The monoisotopic (exact) mass is 178 g/mol. The minimum absolute atomic E-state index is 0.177. The summed E-state index contributed by atoms with van der Waals surface area (Å²) < 4.78 is 0. The molecular formula is C10H19BN2. The van der Waals surface area contributed by atoms with Gasteiger partial charge >= 0.3 is 6.98 Å². The molecular weight excluding hydrogens is 159 g/mol. The minimum atomic E-state index is 0.177. The first-order chi connectivity index (χ1) is 5.93. The lowest BCUT2D eigenvalue weighted by Crippen LogP contribution is -2.54. The van der Waals surface area contributed by atoms with Crippen molar-refractivity contribution in [3.8, 4) is 0 Å². The van der Waals surface area contributed by atoms with Gasteiger partial charge in [-0.2, -0.15) is 0 Å². The Morgan fingerprint density at radius 2 is 1.77 bits per heavy atom. The van der Waals surface area contributed by atoms with Gasteiger partial charge in [-0.15, -0.1) is 0 Å². The maximum Gasteiger partial charge on any atom is 0.370 e. The topological polar surface area (TPSA) is 6.48 Å². The summed E-state index contributed by atoms with van der Waals surface area (Å²) in [5.74, 6) is 2.21. The third-order valence-corrected chi connectivity index (χ3v) is 2.23. The molecule has 0 unspecified atom stereocenters. The Hall–Kier alpha value is -0.695. The fourth-order valence-corrected chi connectivity index (χ4v) is 1.53. The van der Waals surface area contributed by atoms with E-state index in [4.69, 9.17) is 0 Å². The standard InChI is InChI=1S/C10H19BN2/c1-10(2,3)13-9-7-6-8-11(13)12(4)5/h6-9H,1-5H3. The molecule has 0 saturated heterocycles. The van der Waals surface area contributed by atoms with Gasteiger partial charge in [-0.25, -0.2) is 0 Å². The molecule has 0 amide bonds. The summed E-state index contributed by atoms with van der Waals surface area (Å²) in [7, 11) is 4.21. The number of nitrogens with zero attached hydrogens (tertiary/aromatic N) is 2. The highest BCUT2D eigenvalue weighted by Gasteiger charge is 2.30. The number of hydrogen-bond acceptors (Lipinski definition) is 2. The van der Waals surface area contributed by atoms with Crippen LogP contribution in [0, 0.1) is 0 Å². The predicted octanol–water partition coefficient (Wildman–Crippen LogP) is 1.76. The molecule has 0 fully saturated rings. The van der Waals surface area contributed by atoms with Gasteiger partial charge in [0.15, 0.2) is 0 Å². The molecule has 0 aliphatic carbocycles. The molecule has 0 saturated carbocycles. The van der Waals surface area contributed by atoms with Gasteiger partial charge in [-0.1, -0.05) is 12.1 Å². The third kappa shape index (κ3) is 2.37. The van der Waals surface area contributed by atoms with Crippen molar-refractivity contribution in [1.82, 2.24) is 9.62 Å². The molecule has 13 heavy (non-hydrogen) atoms. The number of hydrogen-bond donors (Lipinski definition) is 0.